The maximum atomic E-state index is 12.5. The number of carbonyl (C=O) groups excluding carboxylic acids is 1. The van der Waals surface area contributed by atoms with Crippen LogP contribution in [0.3, 0.4) is 0 Å². The second-order valence-electron chi connectivity index (χ2n) is 5.56. The summed E-state index contributed by atoms with van der Waals surface area (Å²) in [4.78, 5) is 26.5. The van der Waals surface area contributed by atoms with E-state index in [0.717, 1.165) is 36.2 Å². The van der Waals surface area contributed by atoms with E-state index in [1.54, 1.807) is 18.2 Å². The maximum absolute atomic E-state index is 12.5. The highest BCUT2D eigenvalue weighted by atomic mass is 32.1. The Hall–Kier alpha value is -2.72. The summed E-state index contributed by atoms with van der Waals surface area (Å²) in [7, 11) is 0. The van der Waals surface area contributed by atoms with Crippen LogP contribution in [-0.4, -0.2) is 41.7 Å². The Balaban J connectivity index is 1.75. The number of anilines is 2. The predicted molar refractivity (Wildman–Crippen MR) is 97.2 cm³/mol. The highest BCUT2D eigenvalue weighted by Crippen LogP contribution is 2.28. The largest absolute Gasteiger partial charge is 0.493 e. The second-order valence-corrected chi connectivity index (χ2v) is 6.57. The summed E-state index contributed by atoms with van der Waals surface area (Å²) >= 11 is 0.798. The van der Waals surface area contributed by atoms with Crippen LogP contribution in [0.15, 0.2) is 24.4 Å². The number of hydrogen-bond donors (Lipinski definition) is 2. The molecule has 138 valence electrons. The lowest BCUT2D eigenvalue weighted by Crippen LogP contribution is -2.19. The number of thiazole rings is 1. The minimum Gasteiger partial charge on any atom is -0.493 e. The molecule has 3 rings (SSSR count). The number of ether oxygens (including phenoxy) is 2. The van der Waals surface area contributed by atoms with Crippen LogP contribution in [-0.2, 0) is 4.74 Å². The van der Waals surface area contributed by atoms with Gasteiger partial charge in [-0.1, -0.05) is 0 Å². The number of amides is 1. The van der Waals surface area contributed by atoms with Crippen molar-refractivity contribution in [3.63, 3.8) is 0 Å². The van der Waals surface area contributed by atoms with E-state index in [2.05, 4.69) is 15.6 Å². The van der Waals surface area contributed by atoms with E-state index >= 15 is 0 Å². The van der Waals surface area contributed by atoms with Crippen molar-refractivity contribution in [3.8, 4) is 5.75 Å². The number of carbonyl (C=O) groups is 1. The Kier molecular flexibility index (Phi) is 5.64. The molecule has 1 aliphatic heterocycles. The van der Waals surface area contributed by atoms with Crippen molar-refractivity contribution in [2.24, 2.45) is 0 Å². The summed E-state index contributed by atoms with van der Waals surface area (Å²) < 4.78 is 10.9. The zero-order valence-electron chi connectivity index (χ0n) is 14.1. The summed E-state index contributed by atoms with van der Waals surface area (Å²) in [5.74, 6) is -0.00609. The van der Waals surface area contributed by atoms with E-state index in [9.17, 15) is 14.9 Å². The van der Waals surface area contributed by atoms with Gasteiger partial charge in [0.2, 0.25) is 0 Å². The van der Waals surface area contributed by atoms with E-state index in [4.69, 9.17) is 9.47 Å². The van der Waals surface area contributed by atoms with Crippen LogP contribution in [0.1, 0.15) is 23.7 Å². The van der Waals surface area contributed by atoms with Gasteiger partial charge in [0.25, 0.3) is 5.91 Å². The predicted octanol–water partition coefficient (Wildman–Crippen LogP) is 2.90. The average Bonchev–Trinajstić information content (AvgIpc) is 3.27. The van der Waals surface area contributed by atoms with E-state index in [1.807, 2.05) is 6.92 Å². The SMILES string of the molecule is CCOc1cc(NC2CCOC2)ccc1C(=O)Nc1ncc([N+](=O)[O-])s1. The Morgan fingerprint density at radius 2 is 2.38 bits per heavy atom. The molecule has 9 nitrogen and oxygen atoms in total. The van der Waals surface area contributed by atoms with E-state index < -0.39 is 10.8 Å². The fourth-order valence-corrected chi connectivity index (χ4v) is 3.16. The smallest absolute Gasteiger partial charge is 0.345 e. The summed E-state index contributed by atoms with van der Waals surface area (Å²) in [6.07, 6.45) is 2.04. The normalized spacial score (nSPS) is 16.3. The van der Waals surface area contributed by atoms with Crippen LogP contribution in [0.5, 0.6) is 5.75 Å². The van der Waals surface area contributed by atoms with Gasteiger partial charge in [-0.25, -0.2) is 4.98 Å². The van der Waals surface area contributed by atoms with Gasteiger partial charge in [0.05, 0.1) is 29.7 Å². The highest BCUT2D eigenvalue weighted by molar-refractivity contribution is 7.18. The van der Waals surface area contributed by atoms with E-state index in [-0.39, 0.29) is 16.2 Å². The third-order valence-corrected chi connectivity index (χ3v) is 4.58. The van der Waals surface area contributed by atoms with Gasteiger partial charge < -0.3 is 14.8 Å². The van der Waals surface area contributed by atoms with Crippen LogP contribution < -0.4 is 15.4 Å². The third-order valence-electron chi connectivity index (χ3n) is 3.72. The van der Waals surface area contributed by atoms with Crippen molar-refractivity contribution in [2.45, 2.75) is 19.4 Å². The summed E-state index contributed by atoms with van der Waals surface area (Å²) in [5.41, 5.74) is 1.17. The molecule has 2 aromatic rings. The molecule has 1 saturated heterocycles. The number of aromatic nitrogens is 1. The molecule has 0 saturated carbocycles. The molecule has 0 radical (unpaired) electrons. The molecule has 0 aliphatic carbocycles. The van der Waals surface area contributed by atoms with Crippen LogP contribution in [0.4, 0.5) is 15.8 Å². The first-order valence-electron chi connectivity index (χ1n) is 8.09. The molecule has 0 bridgehead atoms. The van der Waals surface area contributed by atoms with Crippen LogP contribution in [0.2, 0.25) is 0 Å². The lowest BCUT2D eigenvalue weighted by molar-refractivity contribution is -0.380. The van der Waals surface area contributed by atoms with Gasteiger partial charge in [-0.15, -0.1) is 0 Å². The zero-order chi connectivity index (χ0) is 18.5. The van der Waals surface area contributed by atoms with Gasteiger partial charge in [0.1, 0.15) is 11.9 Å². The first-order valence-corrected chi connectivity index (χ1v) is 8.91. The van der Waals surface area contributed by atoms with Crippen molar-refractivity contribution in [3.05, 3.63) is 40.1 Å². The number of nitro groups is 1. The molecule has 1 unspecified atom stereocenters. The van der Waals surface area contributed by atoms with Crippen molar-refractivity contribution in [2.75, 3.05) is 30.5 Å². The Morgan fingerprint density at radius 1 is 1.54 bits per heavy atom. The van der Waals surface area contributed by atoms with Crippen molar-refractivity contribution >= 4 is 33.1 Å². The van der Waals surface area contributed by atoms with Gasteiger partial charge in [0, 0.05) is 18.4 Å². The molecule has 1 atom stereocenters. The molecule has 2 heterocycles. The summed E-state index contributed by atoms with van der Waals surface area (Å²) in [5, 5.41) is 16.7. The van der Waals surface area contributed by atoms with Gasteiger partial charge in [-0.05, 0) is 36.8 Å². The van der Waals surface area contributed by atoms with Crippen molar-refractivity contribution in [1.82, 2.24) is 4.98 Å². The summed E-state index contributed by atoms with van der Waals surface area (Å²) in [6.45, 7) is 3.61. The van der Waals surface area contributed by atoms with Crippen molar-refractivity contribution in [1.29, 1.82) is 0 Å². The number of nitrogens with zero attached hydrogens (tertiary/aromatic N) is 2. The molecule has 2 N–H and O–H groups in total. The quantitative estimate of drug-likeness (QED) is 0.562. The van der Waals surface area contributed by atoms with Gasteiger partial charge >= 0.3 is 5.00 Å². The molecular formula is C16H18N4O5S. The molecular weight excluding hydrogens is 360 g/mol. The number of nitrogens with one attached hydrogen (secondary N) is 2. The lowest BCUT2D eigenvalue weighted by Gasteiger charge is -2.15. The monoisotopic (exact) mass is 378 g/mol. The fourth-order valence-electron chi connectivity index (χ4n) is 2.53. The first-order chi connectivity index (χ1) is 12.6. The molecule has 1 aromatic carbocycles. The van der Waals surface area contributed by atoms with Gasteiger partial charge in [0.15, 0.2) is 5.13 Å². The number of hydrogen-bond acceptors (Lipinski definition) is 8. The highest BCUT2D eigenvalue weighted by Gasteiger charge is 2.19. The zero-order valence-corrected chi connectivity index (χ0v) is 14.9. The minimum atomic E-state index is -0.549. The minimum absolute atomic E-state index is 0.135. The second kappa shape index (κ2) is 8.11. The molecule has 1 amide bonds. The Bertz CT molecular complexity index is 804. The summed E-state index contributed by atoms with van der Waals surface area (Å²) in [6, 6.07) is 5.45. The molecule has 26 heavy (non-hydrogen) atoms. The first kappa shape index (κ1) is 18.1. The Morgan fingerprint density at radius 3 is 3.04 bits per heavy atom. The molecule has 0 spiro atoms. The maximum Gasteiger partial charge on any atom is 0.345 e. The van der Waals surface area contributed by atoms with Crippen LogP contribution in [0.25, 0.3) is 0 Å². The molecule has 1 fully saturated rings. The van der Waals surface area contributed by atoms with E-state index in [0.29, 0.717) is 24.5 Å². The topological polar surface area (TPSA) is 116 Å². The van der Waals surface area contributed by atoms with E-state index in [1.165, 1.54) is 0 Å². The fraction of sp³-hybridized carbons (Fsp3) is 0.375. The average molecular weight is 378 g/mol. The lowest BCUT2D eigenvalue weighted by atomic mass is 10.1. The Labute approximate surface area is 153 Å². The number of benzene rings is 1. The third kappa shape index (κ3) is 4.27. The number of rotatable bonds is 7. The standard InChI is InChI=1S/C16H18N4O5S/c1-2-25-13-7-10(18-11-5-6-24-9-11)3-4-12(13)15(21)19-16-17-8-14(26-16)20(22)23/h3-4,7-8,11,18H,2,5-6,9H2,1H3,(H,17,19,21). The van der Waals surface area contributed by atoms with Crippen molar-refractivity contribution < 1.29 is 19.2 Å². The van der Waals surface area contributed by atoms with Crippen LogP contribution in [0, 0.1) is 10.1 Å². The molecule has 1 aliphatic rings. The molecule has 1 aromatic heterocycles. The molecule has 10 heteroatoms. The van der Waals surface area contributed by atoms with Crippen LogP contribution >= 0.6 is 11.3 Å². The van der Waals surface area contributed by atoms with Gasteiger partial charge in [-0.2, -0.15) is 0 Å². The van der Waals surface area contributed by atoms with Gasteiger partial charge in [-0.3, -0.25) is 20.2 Å².